The maximum atomic E-state index is 11.2. The topological polar surface area (TPSA) is 85.2 Å². The van der Waals surface area contributed by atoms with E-state index in [0.29, 0.717) is 11.6 Å². The number of carbonyl (C=O) groups excluding carboxylic acids is 1. The average Bonchev–Trinajstić information content (AvgIpc) is 2.92. The molecule has 0 atom stereocenters. The van der Waals surface area contributed by atoms with E-state index in [1.165, 1.54) is 24.4 Å². The number of nitrogen functional groups attached to an aromatic ring is 1. The lowest BCUT2D eigenvalue weighted by molar-refractivity contribution is 0.100. The van der Waals surface area contributed by atoms with Gasteiger partial charge in [-0.15, -0.1) is 0 Å². The summed E-state index contributed by atoms with van der Waals surface area (Å²) in [6, 6.07) is 0.535. The molecule has 82 valence electrons. The largest absolute Gasteiger partial charge is 0.382 e. The molecule has 1 fully saturated rings. The highest BCUT2D eigenvalue weighted by Crippen LogP contribution is 2.37. The predicted octanol–water partition coefficient (Wildman–Crippen LogP) is 0.813. The molecule has 1 amide bonds. The maximum Gasteiger partial charge on any atom is 0.255 e. The van der Waals surface area contributed by atoms with E-state index >= 15 is 0 Å². The minimum atomic E-state index is -0.490. The molecule has 0 saturated heterocycles. The molecule has 1 aliphatic carbocycles. The lowest BCUT2D eigenvalue weighted by Gasteiger charge is -2.20. The molecule has 1 saturated carbocycles. The Balaban J connectivity index is 2.37. The van der Waals surface area contributed by atoms with Gasteiger partial charge in [-0.2, -0.15) is 4.37 Å². The Hall–Kier alpha value is -1.30. The van der Waals surface area contributed by atoms with Crippen molar-refractivity contribution in [1.29, 1.82) is 0 Å². The number of rotatable bonds is 4. The number of hydrogen-bond acceptors (Lipinski definition) is 5. The van der Waals surface area contributed by atoms with Crippen LogP contribution < -0.4 is 16.4 Å². The van der Waals surface area contributed by atoms with Crippen molar-refractivity contribution in [1.82, 2.24) is 4.37 Å². The third kappa shape index (κ3) is 1.77. The van der Waals surface area contributed by atoms with Crippen LogP contribution in [-0.2, 0) is 0 Å². The first-order valence-electron chi connectivity index (χ1n) is 4.96. The Morgan fingerprint density at radius 1 is 1.67 bits per heavy atom. The van der Waals surface area contributed by atoms with Crippen molar-refractivity contribution < 1.29 is 4.79 Å². The molecule has 2 rings (SSSR count). The molecule has 6 heteroatoms. The van der Waals surface area contributed by atoms with Crippen LogP contribution in [0.3, 0.4) is 0 Å². The number of primary amides is 1. The monoisotopic (exact) mass is 226 g/mol. The van der Waals surface area contributed by atoms with Crippen molar-refractivity contribution in [3.05, 3.63) is 5.56 Å². The Morgan fingerprint density at radius 3 is 2.80 bits per heavy atom. The zero-order chi connectivity index (χ0) is 11.0. The molecular weight excluding hydrogens is 212 g/mol. The molecule has 1 heterocycles. The van der Waals surface area contributed by atoms with E-state index in [2.05, 4.69) is 16.2 Å². The molecular formula is C9H14N4OS. The first-order valence-corrected chi connectivity index (χ1v) is 5.74. The van der Waals surface area contributed by atoms with Crippen molar-refractivity contribution in [2.45, 2.75) is 25.8 Å². The van der Waals surface area contributed by atoms with Crippen LogP contribution in [0.2, 0.25) is 0 Å². The van der Waals surface area contributed by atoms with Gasteiger partial charge < -0.3 is 16.4 Å². The fourth-order valence-electron chi connectivity index (χ4n) is 1.67. The quantitative estimate of drug-likeness (QED) is 0.795. The van der Waals surface area contributed by atoms with Gasteiger partial charge in [-0.25, -0.2) is 0 Å². The molecule has 0 bridgehead atoms. The molecule has 0 unspecified atom stereocenters. The van der Waals surface area contributed by atoms with Gasteiger partial charge in [0, 0.05) is 12.6 Å². The number of carbonyl (C=O) groups is 1. The summed E-state index contributed by atoms with van der Waals surface area (Å²) < 4.78 is 3.99. The number of aromatic nitrogens is 1. The second-order valence-corrected chi connectivity index (χ2v) is 4.38. The Morgan fingerprint density at radius 2 is 2.33 bits per heavy atom. The summed E-state index contributed by atoms with van der Waals surface area (Å²) in [5, 5.41) is 0.824. The second kappa shape index (κ2) is 3.69. The van der Waals surface area contributed by atoms with Crippen molar-refractivity contribution in [3.63, 3.8) is 0 Å². The molecule has 15 heavy (non-hydrogen) atoms. The SMILES string of the molecule is CCN(c1snc(N)c1C(N)=O)C1CC1. The minimum Gasteiger partial charge on any atom is -0.382 e. The zero-order valence-corrected chi connectivity index (χ0v) is 9.38. The normalized spacial score (nSPS) is 15.3. The smallest absolute Gasteiger partial charge is 0.255 e. The highest BCUT2D eigenvalue weighted by molar-refractivity contribution is 7.11. The number of nitrogens with two attached hydrogens (primary N) is 2. The number of anilines is 2. The van der Waals surface area contributed by atoms with Gasteiger partial charge in [0.25, 0.3) is 5.91 Å². The summed E-state index contributed by atoms with van der Waals surface area (Å²) in [6.45, 7) is 2.91. The predicted molar refractivity (Wildman–Crippen MR) is 61.1 cm³/mol. The summed E-state index contributed by atoms with van der Waals surface area (Å²) in [7, 11) is 0. The van der Waals surface area contributed by atoms with Crippen molar-refractivity contribution >= 4 is 28.3 Å². The van der Waals surface area contributed by atoms with E-state index < -0.39 is 5.91 Å². The van der Waals surface area contributed by atoms with E-state index in [-0.39, 0.29) is 5.82 Å². The van der Waals surface area contributed by atoms with E-state index in [1.54, 1.807) is 0 Å². The summed E-state index contributed by atoms with van der Waals surface area (Å²) in [4.78, 5) is 13.4. The summed E-state index contributed by atoms with van der Waals surface area (Å²) in [5.74, 6) is -0.239. The highest BCUT2D eigenvalue weighted by Gasteiger charge is 2.32. The Labute approximate surface area is 92.2 Å². The fraction of sp³-hybridized carbons (Fsp3) is 0.556. The van der Waals surface area contributed by atoms with Gasteiger partial charge in [-0.1, -0.05) is 0 Å². The molecule has 4 N–H and O–H groups in total. The van der Waals surface area contributed by atoms with Gasteiger partial charge in [-0.05, 0) is 31.3 Å². The van der Waals surface area contributed by atoms with Gasteiger partial charge in [0.05, 0.1) is 0 Å². The van der Waals surface area contributed by atoms with Crippen molar-refractivity contribution in [2.24, 2.45) is 5.73 Å². The lowest BCUT2D eigenvalue weighted by atomic mass is 10.3. The van der Waals surface area contributed by atoms with Crippen molar-refractivity contribution in [3.8, 4) is 0 Å². The molecule has 0 spiro atoms. The van der Waals surface area contributed by atoms with Gasteiger partial charge in [0.15, 0.2) is 5.82 Å². The molecule has 0 aliphatic heterocycles. The third-order valence-corrected chi connectivity index (χ3v) is 3.44. The fourth-order valence-corrected chi connectivity index (χ4v) is 2.63. The first kappa shape index (κ1) is 10.2. The zero-order valence-electron chi connectivity index (χ0n) is 8.56. The van der Waals surface area contributed by atoms with E-state index in [1.807, 2.05) is 0 Å². The lowest BCUT2D eigenvalue weighted by Crippen LogP contribution is -2.27. The minimum absolute atomic E-state index is 0.251. The summed E-state index contributed by atoms with van der Waals surface area (Å²) in [6.07, 6.45) is 2.34. The molecule has 1 aromatic heterocycles. The van der Waals surface area contributed by atoms with Gasteiger partial charge in [-0.3, -0.25) is 4.79 Å². The molecule has 1 aromatic rings. The maximum absolute atomic E-state index is 11.2. The summed E-state index contributed by atoms with van der Waals surface area (Å²) in [5.41, 5.74) is 11.3. The van der Waals surface area contributed by atoms with Crippen LogP contribution in [-0.4, -0.2) is 22.9 Å². The highest BCUT2D eigenvalue weighted by atomic mass is 32.1. The number of nitrogens with zero attached hydrogens (tertiary/aromatic N) is 2. The van der Waals surface area contributed by atoms with Gasteiger partial charge in [0.2, 0.25) is 0 Å². The third-order valence-electron chi connectivity index (χ3n) is 2.54. The van der Waals surface area contributed by atoms with Crippen LogP contribution in [0.5, 0.6) is 0 Å². The van der Waals surface area contributed by atoms with Gasteiger partial charge >= 0.3 is 0 Å². The Bertz CT molecular complexity index is 385. The van der Waals surface area contributed by atoms with E-state index in [4.69, 9.17) is 11.5 Å². The Kier molecular flexibility index (Phi) is 2.52. The van der Waals surface area contributed by atoms with Crippen LogP contribution in [0, 0.1) is 0 Å². The molecule has 0 radical (unpaired) electrons. The van der Waals surface area contributed by atoms with Crippen LogP contribution in [0.15, 0.2) is 0 Å². The second-order valence-electron chi connectivity index (χ2n) is 3.63. The van der Waals surface area contributed by atoms with Crippen LogP contribution in [0.4, 0.5) is 10.8 Å². The molecule has 5 nitrogen and oxygen atoms in total. The van der Waals surface area contributed by atoms with Crippen LogP contribution in [0.25, 0.3) is 0 Å². The first-order chi connectivity index (χ1) is 7.15. The van der Waals surface area contributed by atoms with Crippen molar-refractivity contribution in [2.75, 3.05) is 17.2 Å². The van der Waals surface area contributed by atoms with E-state index in [0.717, 1.165) is 11.5 Å². The van der Waals surface area contributed by atoms with Crippen LogP contribution >= 0.6 is 11.5 Å². The summed E-state index contributed by atoms with van der Waals surface area (Å²) >= 11 is 1.26. The number of amides is 1. The average molecular weight is 226 g/mol. The number of hydrogen-bond donors (Lipinski definition) is 2. The standard InChI is InChI=1S/C9H14N4OS/c1-2-13(5-3-4-5)9-6(8(11)14)7(10)12-15-9/h5H,2-4H2,1H3,(H2,10,12)(H2,11,14). The molecule has 0 aromatic carbocycles. The van der Waals surface area contributed by atoms with Gasteiger partial charge in [0.1, 0.15) is 10.6 Å². The van der Waals surface area contributed by atoms with E-state index in [9.17, 15) is 4.79 Å². The molecule has 1 aliphatic rings. The van der Waals surface area contributed by atoms with Crippen LogP contribution in [0.1, 0.15) is 30.1 Å².